The summed E-state index contributed by atoms with van der Waals surface area (Å²) in [4.78, 5) is 16.3. The average molecular weight is 382 g/mol. The predicted octanol–water partition coefficient (Wildman–Crippen LogP) is 4.27. The minimum atomic E-state index is -0.883. The van der Waals surface area contributed by atoms with Gasteiger partial charge in [-0.1, -0.05) is 12.8 Å². The highest BCUT2D eigenvalue weighted by Gasteiger charge is 2.22. The molecule has 5 nitrogen and oxygen atoms in total. The third-order valence-corrected chi connectivity index (χ3v) is 5.04. The van der Waals surface area contributed by atoms with Crippen LogP contribution in [0.4, 0.5) is 8.78 Å². The van der Waals surface area contributed by atoms with Crippen molar-refractivity contribution in [1.82, 2.24) is 20.1 Å². The van der Waals surface area contributed by atoms with Crippen LogP contribution in [0.1, 0.15) is 47.8 Å². The SMILES string of the molecule is O=C(NCc1cc(-c2ccncc2)n(C2CCCC2)n1)c1ccc(F)cc1F. The van der Waals surface area contributed by atoms with E-state index in [9.17, 15) is 13.6 Å². The van der Waals surface area contributed by atoms with E-state index >= 15 is 0 Å². The molecule has 1 amide bonds. The van der Waals surface area contributed by atoms with Crippen molar-refractivity contribution in [2.24, 2.45) is 0 Å². The van der Waals surface area contributed by atoms with Gasteiger partial charge in [-0.3, -0.25) is 14.5 Å². The number of pyridine rings is 1. The maximum atomic E-state index is 13.8. The lowest BCUT2D eigenvalue weighted by Gasteiger charge is -2.14. The van der Waals surface area contributed by atoms with Gasteiger partial charge in [-0.25, -0.2) is 8.78 Å². The first-order valence-electron chi connectivity index (χ1n) is 9.34. The molecule has 1 aromatic carbocycles. The number of amides is 1. The number of nitrogens with one attached hydrogen (secondary N) is 1. The van der Waals surface area contributed by atoms with E-state index in [1.807, 2.05) is 22.9 Å². The normalized spacial score (nSPS) is 14.4. The monoisotopic (exact) mass is 382 g/mol. The fraction of sp³-hybridized carbons (Fsp3) is 0.286. The van der Waals surface area contributed by atoms with Crippen LogP contribution in [0.15, 0.2) is 48.8 Å². The van der Waals surface area contributed by atoms with Crippen LogP contribution >= 0.6 is 0 Å². The van der Waals surface area contributed by atoms with Crippen molar-refractivity contribution in [1.29, 1.82) is 0 Å². The molecular formula is C21H20F2N4O. The molecule has 0 spiro atoms. The molecular weight excluding hydrogens is 362 g/mol. The van der Waals surface area contributed by atoms with Crippen LogP contribution in [0.3, 0.4) is 0 Å². The lowest BCUT2D eigenvalue weighted by molar-refractivity contribution is 0.0946. The molecule has 1 fully saturated rings. The van der Waals surface area contributed by atoms with Gasteiger partial charge in [0, 0.05) is 24.0 Å². The summed E-state index contributed by atoms with van der Waals surface area (Å²) < 4.78 is 28.9. The second kappa shape index (κ2) is 7.88. The van der Waals surface area contributed by atoms with E-state index in [4.69, 9.17) is 5.10 Å². The molecule has 28 heavy (non-hydrogen) atoms. The molecule has 2 aromatic heterocycles. The second-order valence-electron chi connectivity index (χ2n) is 6.95. The van der Waals surface area contributed by atoms with Crippen molar-refractivity contribution in [2.75, 3.05) is 0 Å². The van der Waals surface area contributed by atoms with Crippen LogP contribution in [0.5, 0.6) is 0 Å². The Balaban J connectivity index is 1.55. The fourth-order valence-corrected chi connectivity index (χ4v) is 3.64. The van der Waals surface area contributed by atoms with E-state index < -0.39 is 17.5 Å². The average Bonchev–Trinajstić information content (AvgIpc) is 3.36. The van der Waals surface area contributed by atoms with Crippen LogP contribution in [-0.2, 0) is 6.54 Å². The highest BCUT2D eigenvalue weighted by atomic mass is 19.1. The molecule has 0 bridgehead atoms. The van der Waals surface area contributed by atoms with Crippen molar-refractivity contribution in [3.05, 3.63) is 71.7 Å². The van der Waals surface area contributed by atoms with Crippen LogP contribution in [0.25, 0.3) is 11.3 Å². The summed E-state index contributed by atoms with van der Waals surface area (Å²) in [7, 11) is 0. The van der Waals surface area contributed by atoms with Gasteiger partial charge in [0.2, 0.25) is 0 Å². The molecule has 0 saturated heterocycles. The first-order valence-corrected chi connectivity index (χ1v) is 9.34. The molecule has 0 aliphatic heterocycles. The third-order valence-electron chi connectivity index (χ3n) is 5.04. The second-order valence-corrected chi connectivity index (χ2v) is 6.95. The van der Waals surface area contributed by atoms with E-state index in [1.54, 1.807) is 12.4 Å². The van der Waals surface area contributed by atoms with E-state index in [0.717, 1.165) is 36.2 Å². The fourth-order valence-electron chi connectivity index (χ4n) is 3.64. The third kappa shape index (κ3) is 3.78. The number of carbonyl (C=O) groups excluding carboxylic acids is 1. The summed E-state index contributed by atoms with van der Waals surface area (Å²) >= 11 is 0. The maximum absolute atomic E-state index is 13.8. The van der Waals surface area contributed by atoms with Gasteiger partial charge in [-0.2, -0.15) is 5.10 Å². The zero-order chi connectivity index (χ0) is 19.5. The standard InChI is InChI=1S/C21H20F2N4O/c22-15-5-6-18(19(23)11-15)21(28)25-13-16-12-20(14-7-9-24-10-8-14)27(26-16)17-3-1-2-4-17/h5-12,17H,1-4,13H2,(H,25,28). The van der Waals surface area contributed by atoms with Crippen LogP contribution in [-0.4, -0.2) is 20.7 Å². The van der Waals surface area contributed by atoms with E-state index in [2.05, 4.69) is 10.3 Å². The van der Waals surface area contributed by atoms with Gasteiger partial charge >= 0.3 is 0 Å². The molecule has 2 heterocycles. The molecule has 0 atom stereocenters. The highest BCUT2D eigenvalue weighted by molar-refractivity contribution is 5.94. The van der Waals surface area contributed by atoms with E-state index in [0.29, 0.717) is 17.8 Å². The Morgan fingerprint density at radius 2 is 1.86 bits per heavy atom. The van der Waals surface area contributed by atoms with Crippen LogP contribution < -0.4 is 5.32 Å². The number of aromatic nitrogens is 3. The Bertz CT molecular complexity index is 981. The molecule has 7 heteroatoms. The number of hydrogen-bond acceptors (Lipinski definition) is 3. The van der Waals surface area contributed by atoms with Crippen LogP contribution in [0.2, 0.25) is 0 Å². The largest absolute Gasteiger partial charge is 0.346 e. The summed E-state index contributed by atoms with van der Waals surface area (Å²) in [6, 6.07) is 9.04. The first kappa shape index (κ1) is 18.3. The molecule has 144 valence electrons. The van der Waals surface area contributed by atoms with E-state index in [-0.39, 0.29) is 12.1 Å². The lowest BCUT2D eigenvalue weighted by Crippen LogP contribution is -2.24. The summed E-state index contributed by atoms with van der Waals surface area (Å²) in [5.74, 6) is -2.20. The number of nitrogens with zero attached hydrogens (tertiary/aromatic N) is 3. The van der Waals surface area contributed by atoms with Gasteiger partial charge in [0.25, 0.3) is 5.91 Å². The van der Waals surface area contributed by atoms with Crippen molar-refractivity contribution in [3.63, 3.8) is 0 Å². The number of benzene rings is 1. The summed E-state index contributed by atoms with van der Waals surface area (Å²) in [6.45, 7) is 0.160. The highest BCUT2D eigenvalue weighted by Crippen LogP contribution is 2.33. The first-order chi connectivity index (χ1) is 13.6. The van der Waals surface area contributed by atoms with Gasteiger partial charge in [-0.15, -0.1) is 0 Å². The summed E-state index contributed by atoms with van der Waals surface area (Å²) in [5.41, 5.74) is 2.49. The Kier molecular flexibility index (Phi) is 5.14. The predicted molar refractivity (Wildman–Crippen MR) is 100 cm³/mol. The van der Waals surface area contributed by atoms with Crippen molar-refractivity contribution >= 4 is 5.91 Å². The maximum Gasteiger partial charge on any atom is 0.254 e. The Labute approximate surface area is 161 Å². The smallest absolute Gasteiger partial charge is 0.254 e. The Hall–Kier alpha value is -3.09. The van der Waals surface area contributed by atoms with Crippen molar-refractivity contribution < 1.29 is 13.6 Å². The topological polar surface area (TPSA) is 59.8 Å². The zero-order valence-electron chi connectivity index (χ0n) is 15.2. The molecule has 1 aliphatic rings. The summed E-state index contributed by atoms with van der Waals surface area (Å²) in [6.07, 6.45) is 7.98. The van der Waals surface area contributed by atoms with Gasteiger partial charge in [0.05, 0.1) is 29.5 Å². The number of hydrogen-bond donors (Lipinski definition) is 1. The molecule has 3 aromatic rings. The Morgan fingerprint density at radius 1 is 1.11 bits per heavy atom. The lowest BCUT2D eigenvalue weighted by atomic mass is 10.1. The number of rotatable bonds is 5. The summed E-state index contributed by atoms with van der Waals surface area (Å²) in [5, 5.41) is 7.37. The number of halogens is 2. The van der Waals surface area contributed by atoms with Gasteiger partial charge in [0.15, 0.2) is 0 Å². The molecule has 1 saturated carbocycles. The number of carbonyl (C=O) groups is 1. The van der Waals surface area contributed by atoms with Gasteiger partial charge < -0.3 is 5.32 Å². The van der Waals surface area contributed by atoms with Crippen LogP contribution in [0, 0.1) is 11.6 Å². The van der Waals surface area contributed by atoms with E-state index in [1.165, 1.54) is 12.8 Å². The minimum absolute atomic E-state index is 0.160. The van der Waals surface area contributed by atoms with Crippen molar-refractivity contribution in [3.8, 4) is 11.3 Å². The van der Waals surface area contributed by atoms with Gasteiger partial charge in [-0.05, 0) is 43.2 Å². The van der Waals surface area contributed by atoms with Gasteiger partial charge in [0.1, 0.15) is 11.6 Å². The van der Waals surface area contributed by atoms with Crippen molar-refractivity contribution in [2.45, 2.75) is 38.3 Å². The molecule has 1 aliphatic carbocycles. The quantitative estimate of drug-likeness (QED) is 0.717. The Morgan fingerprint density at radius 3 is 2.57 bits per heavy atom. The molecule has 0 radical (unpaired) electrons. The minimum Gasteiger partial charge on any atom is -0.346 e. The zero-order valence-corrected chi connectivity index (χ0v) is 15.2. The molecule has 1 N–H and O–H groups in total. The molecule has 4 rings (SSSR count). The molecule has 0 unspecified atom stereocenters.